The van der Waals surface area contributed by atoms with Crippen LogP contribution >= 0.6 is 0 Å². The first-order valence-electron chi connectivity index (χ1n) is 7.73. The van der Waals surface area contributed by atoms with Gasteiger partial charge in [0.15, 0.2) is 0 Å². The molecular formula is C17H25NO. The van der Waals surface area contributed by atoms with Crippen LogP contribution in [0.1, 0.15) is 55.7 Å². The Hall–Kier alpha value is -0.860. The summed E-state index contributed by atoms with van der Waals surface area (Å²) in [4.78, 5) is 0. The lowest BCUT2D eigenvalue weighted by Gasteiger charge is -2.31. The third-order valence-electron chi connectivity index (χ3n) is 4.59. The molecule has 0 bridgehead atoms. The van der Waals surface area contributed by atoms with Crippen LogP contribution in [-0.2, 0) is 0 Å². The van der Waals surface area contributed by atoms with E-state index in [1.165, 1.54) is 30.4 Å². The average molecular weight is 259 g/mol. The smallest absolute Gasteiger partial charge is 0.0555 e. The van der Waals surface area contributed by atoms with Gasteiger partial charge < -0.3 is 10.4 Å². The summed E-state index contributed by atoms with van der Waals surface area (Å²) in [7, 11) is 0. The van der Waals surface area contributed by atoms with Crippen molar-refractivity contribution in [1.82, 2.24) is 5.32 Å². The molecule has 2 heteroatoms. The summed E-state index contributed by atoms with van der Waals surface area (Å²) in [5, 5.41) is 13.6. The molecule has 2 aliphatic rings. The van der Waals surface area contributed by atoms with E-state index in [-0.39, 0.29) is 6.10 Å². The number of aliphatic hydroxyl groups excluding tert-OH is 1. The zero-order valence-electron chi connectivity index (χ0n) is 11.8. The highest BCUT2D eigenvalue weighted by molar-refractivity contribution is 5.25. The molecule has 3 unspecified atom stereocenters. The normalized spacial score (nSPS) is 29.2. The van der Waals surface area contributed by atoms with Crippen molar-refractivity contribution in [2.24, 2.45) is 5.92 Å². The van der Waals surface area contributed by atoms with Crippen molar-refractivity contribution in [3.05, 3.63) is 35.4 Å². The van der Waals surface area contributed by atoms with Gasteiger partial charge in [0, 0.05) is 12.1 Å². The molecule has 3 atom stereocenters. The third-order valence-corrected chi connectivity index (χ3v) is 4.59. The molecule has 0 heterocycles. The van der Waals surface area contributed by atoms with E-state index >= 15 is 0 Å². The molecule has 1 aromatic rings. The lowest BCUT2D eigenvalue weighted by molar-refractivity contribution is 0.107. The number of aliphatic hydroxyl groups is 1. The van der Waals surface area contributed by atoms with Crippen LogP contribution in [0.2, 0.25) is 0 Å². The Morgan fingerprint density at radius 2 is 1.84 bits per heavy atom. The van der Waals surface area contributed by atoms with Crippen LogP contribution in [0.25, 0.3) is 0 Å². The van der Waals surface area contributed by atoms with Gasteiger partial charge in [-0.05, 0) is 56.9 Å². The van der Waals surface area contributed by atoms with Crippen LogP contribution in [0, 0.1) is 12.8 Å². The van der Waals surface area contributed by atoms with Gasteiger partial charge in [0.1, 0.15) is 0 Å². The Morgan fingerprint density at radius 3 is 2.47 bits per heavy atom. The molecular weight excluding hydrogens is 234 g/mol. The van der Waals surface area contributed by atoms with Gasteiger partial charge in [-0.2, -0.15) is 0 Å². The lowest BCUT2D eigenvalue weighted by atomic mass is 9.91. The van der Waals surface area contributed by atoms with Gasteiger partial charge in [-0.25, -0.2) is 0 Å². The van der Waals surface area contributed by atoms with Crippen LogP contribution in [0.15, 0.2) is 24.3 Å². The monoisotopic (exact) mass is 259 g/mol. The SMILES string of the molecule is Cc1ccc(C(NC2CCCC(O)C2)C2CC2)cc1. The van der Waals surface area contributed by atoms with E-state index in [2.05, 4.69) is 36.5 Å². The second-order valence-electron chi connectivity index (χ2n) is 6.41. The average Bonchev–Trinajstić information content (AvgIpc) is 3.22. The summed E-state index contributed by atoms with van der Waals surface area (Å²) in [6.07, 6.45) is 6.88. The van der Waals surface area contributed by atoms with E-state index in [0.717, 1.165) is 25.2 Å². The minimum atomic E-state index is -0.0934. The molecule has 0 aromatic heterocycles. The molecule has 3 rings (SSSR count). The van der Waals surface area contributed by atoms with Gasteiger partial charge in [-0.3, -0.25) is 0 Å². The fraction of sp³-hybridized carbons (Fsp3) is 0.647. The van der Waals surface area contributed by atoms with Crippen molar-refractivity contribution >= 4 is 0 Å². The van der Waals surface area contributed by atoms with E-state index in [0.29, 0.717) is 12.1 Å². The predicted octanol–water partition coefficient (Wildman–Crippen LogP) is 3.34. The number of nitrogens with one attached hydrogen (secondary N) is 1. The number of aryl methyl sites for hydroxylation is 1. The van der Waals surface area contributed by atoms with E-state index < -0.39 is 0 Å². The molecule has 0 saturated heterocycles. The van der Waals surface area contributed by atoms with E-state index in [4.69, 9.17) is 0 Å². The van der Waals surface area contributed by atoms with E-state index in [1.807, 2.05) is 0 Å². The summed E-state index contributed by atoms with van der Waals surface area (Å²) >= 11 is 0. The molecule has 19 heavy (non-hydrogen) atoms. The molecule has 2 nitrogen and oxygen atoms in total. The second-order valence-corrected chi connectivity index (χ2v) is 6.41. The largest absolute Gasteiger partial charge is 0.393 e. The summed E-state index contributed by atoms with van der Waals surface area (Å²) in [5.41, 5.74) is 2.75. The summed E-state index contributed by atoms with van der Waals surface area (Å²) in [6.45, 7) is 2.14. The third kappa shape index (κ3) is 3.37. The van der Waals surface area contributed by atoms with Crippen molar-refractivity contribution in [2.75, 3.05) is 0 Å². The molecule has 0 radical (unpaired) electrons. The van der Waals surface area contributed by atoms with Crippen molar-refractivity contribution in [2.45, 2.75) is 63.6 Å². The van der Waals surface area contributed by atoms with Crippen molar-refractivity contribution in [1.29, 1.82) is 0 Å². The van der Waals surface area contributed by atoms with E-state index in [9.17, 15) is 5.11 Å². The molecule has 2 fully saturated rings. The molecule has 2 aliphatic carbocycles. The lowest BCUT2D eigenvalue weighted by Crippen LogP contribution is -2.39. The van der Waals surface area contributed by atoms with Gasteiger partial charge in [0.2, 0.25) is 0 Å². The number of hydrogen-bond donors (Lipinski definition) is 2. The summed E-state index contributed by atoms with van der Waals surface area (Å²) < 4.78 is 0. The zero-order valence-corrected chi connectivity index (χ0v) is 11.8. The second kappa shape index (κ2) is 5.64. The van der Waals surface area contributed by atoms with Gasteiger partial charge in [0.25, 0.3) is 0 Å². The predicted molar refractivity (Wildman–Crippen MR) is 78.0 cm³/mol. The molecule has 0 spiro atoms. The van der Waals surface area contributed by atoms with Crippen LogP contribution < -0.4 is 5.32 Å². The molecule has 0 aliphatic heterocycles. The minimum absolute atomic E-state index is 0.0934. The van der Waals surface area contributed by atoms with Crippen LogP contribution in [-0.4, -0.2) is 17.3 Å². The Morgan fingerprint density at radius 1 is 1.11 bits per heavy atom. The number of benzene rings is 1. The van der Waals surface area contributed by atoms with E-state index in [1.54, 1.807) is 0 Å². The van der Waals surface area contributed by atoms with Crippen LogP contribution in [0.3, 0.4) is 0 Å². The molecule has 2 N–H and O–H groups in total. The molecule has 104 valence electrons. The standard InChI is InChI=1S/C17H25NO/c1-12-5-7-13(8-6-12)17(14-9-10-14)18-15-3-2-4-16(19)11-15/h5-8,14-19H,2-4,9-11H2,1H3. The van der Waals surface area contributed by atoms with Gasteiger partial charge in [0.05, 0.1) is 6.10 Å². The highest BCUT2D eigenvalue weighted by Crippen LogP contribution is 2.42. The molecule has 0 amide bonds. The Balaban J connectivity index is 1.69. The number of rotatable bonds is 4. The van der Waals surface area contributed by atoms with Crippen molar-refractivity contribution in [3.8, 4) is 0 Å². The van der Waals surface area contributed by atoms with Crippen LogP contribution in [0.4, 0.5) is 0 Å². The quantitative estimate of drug-likeness (QED) is 0.869. The molecule has 1 aromatic carbocycles. The fourth-order valence-electron chi connectivity index (χ4n) is 3.28. The Kier molecular flexibility index (Phi) is 3.90. The maximum Gasteiger partial charge on any atom is 0.0555 e. The highest BCUT2D eigenvalue weighted by Gasteiger charge is 2.34. The maximum atomic E-state index is 9.81. The Bertz CT molecular complexity index is 410. The summed E-state index contributed by atoms with van der Waals surface area (Å²) in [5.74, 6) is 0.807. The summed E-state index contributed by atoms with van der Waals surface area (Å²) in [6, 6.07) is 9.95. The van der Waals surface area contributed by atoms with Crippen LogP contribution in [0.5, 0.6) is 0 Å². The highest BCUT2D eigenvalue weighted by atomic mass is 16.3. The van der Waals surface area contributed by atoms with Gasteiger partial charge in [-0.1, -0.05) is 29.8 Å². The Labute approximate surface area is 116 Å². The molecule has 2 saturated carbocycles. The number of hydrogen-bond acceptors (Lipinski definition) is 2. The maximum absolute atomic E-state index is 9.81. The first-order chi connectivity index (χ1) is 9.22. The van der Waals surface area contributed by atoms with Gasteiger partial charge >= 0.3 is 0 Å². The van der Waals surface area contributed by atoms with Crippen molar-refractivity contribution in [3.63, 3.8) is 0 Å². The topological polar surface area (TPSA) is 32.3 Å². The first-order valence-corrected chi connectivity index (χ1v) is 7.73. The van der Waals surface area contributed by atoms with Crippen molar-refractivity contribution < 1.29 is 5.11 Å². The van der Waals surface area contributed by atoms with Gasteiger partial charge in [-0.15, -0.1) is 0 Å². The minimum Gasteiger partial charge on any atom is -0.393 e. The zero-order chi connectivity index (χ0) is 13.2. The fourth-order valence-corrected chi connectivity index (χ4v) is 3.28. The first kappa shape index (κ1) is 13.1.